The molecule has 1 aliphatic heterocycles. The Kier molecular flexibility index (Phi) is 6.70. The Labute approximate surface area is 199 Å². The van der Waals surface area contributed by atoms with Gasteiger partial charge in [-0.05, 0) is 82.1 Å². The van der Waals surface area contributed by atoms with E-state index in [9.17, 15) is 4.79 Å². The first-order chi connectivity index (χ1) is 15.8. The number of amides is 1. The van der Waals surface area contributed by atoms with Gasteiger partial charge < -0.3 is 20.3 Å². The summed E-state index contributed by atoms with van der Waals surface area (Å²) in [5.41, 5.74) is 1.36. The zero-order valence-corrected chi connectivity index (χ0v) is 19.8. The van der Waals surface area contributed by atoms with Gasteiger partial charge in [0, 0.05) is 41.2 Å². The van der Waals surface area contributed by atoms with E-state index in [4.69, 9.17) is 16.3 Å². The minimum absolute atomic E-state index is 0.254. The number of aryl methyl sites for hydroxylation is 1. The highest BCUT2D eigenvalue weighted by Gasteiger charge is 2.30. The van der Waals surface area contributed by atoms with E-state index in [1.54, 1.807) is 38.1 Å². The molecule has 0 atom stereocenters. The molecule has 2 aromatic carbocycles. The molecular weight excluding hydrogens is 438 g/mol. The van der Waals surface area contributed by atoms with Crippen molar-refractivity contribution in [3.05, 3.63) is 65.3 Å². The Bertz CT molecular complexity index is 1110. The van der Waals surface area contributed by atoms with Gasteiger partial charge in [0.2, 0.25) is 5.95 Å². The van der Waals surface area contributed by atoms with Crippen LogP contribution >= 0.6 is 11.6 Å². The number of hydrogen-bond acceptors (Lipinski definition) is 6. The van der Waals surface area contributed by atoms with Crippen LogP contribution < -0.4 is 20.3 Å². The summed E-state index contributed by atoms with van der Waals surface area (Å²) in [7, 11) is 0. The van der Waals surface area contributed by atoms with Crippen LogP contribution in [0.1, 0.15) is 32.4 Å². The Hall–Kier alpha value is -3.32. The molecule has 33 heavy (non-hydrogen) atoms. The van der Waals surface area contributed by atoms with E-state index in [-0.39, 0.29) is 5.91 Å². The molecule has 1 aliphatic rings. The van der Waals surface area contributed by atoms with Gasteiger partial charge in [-0.1, -0.05) is 11.6 Å². The van der Waals surface area contributed by atoms with Crippen molar-refractivity contribution in [3.63, 3.8) is 0 Å². The van der Waals surface area contributed by atoms with Gasteiger partial charge in [-0.3, -0.25) is 4.79 Å². The summed E-state index contributed by atoms with van der Waals surface area (Å²) < 4.78 is 5.85. The minimum Gasteiger partial charge on any atom is -0.478 e. The van der Waals surface area contributed by atoms with Crippen LogP contribution in [-0.2, 0) is 4.79 Å². The van der Waals surface area contributed by atoms with Crippen molar-refractivity contribution in [3.8, 4) is 5.75 Å². The van der Waals surface area contributed by atoms with E-state index in [0.717, 1.165) is 30.3 Å². The molecule has 1 saturated heterocycles. The van der Waals surface area contributed by atoms with Crippen LogP contribution in [0, 0.1) is 6.92 Å². The second-order valence-corrected chi connectivity index (χ2v) is 9.04. The van der Waals surface area contributed by atoms with E-state index >= 15 is 0 Å². The third-order valence-electron chi connectivity index (χ3n) is 5.40. The number of rotatable bonds is 7. The van der Waals surface area contributed by atoms with Crippen LogP contribution in [-0.4, -0.2) is 34.6 Å². The lowest BCUT2D eigenvalue weighted by molar-refractivity contribution is -0.128. The Morgan fingerprint density at radius 3 is 2.30 bits per heavy atom. The molecule has 8 heteroatoms. The third-order valence-corrected chi connectivity index (χ3v) is 5.66. The number of aromatic nitrogens is 2. The summed E-state index contributed by atoms with van der Waals surface area (Å²) in [6, 6.07) is 16.4. The molecule has 7 nitrogen and oxygen atoms in total. The van der Waals surface area contributed by atoms with Crippen molar-refractivity contribution < 1.29 is 9.53 Å². The zero-order chi connectivity index (χ0) is 23.4. The number of nitrogens with zero attached hydrogens (tertiary/aromatic N) is 3. The predicted molar refractivity (Wildman–Crippen MR) is 133 cm³/mol. The second-order valence-electron chi connectivity index (χ2n) is 8.61. The van der Waals surface area contributed by atoms with Gasteiger partial charge in [-0.15, -0.1) is 0 Å². The molecule has 0 saturated carbocycles. The first-order valence-corrected chi connectivity index (χ1v) is 11.4. The molecule has 0 bridgehead atoms. The van der Waals surface area contributed by atoms with Gasteiger partial charge in [0.1, 0.15) is 11.6 Å². The third kappa shape index (κ3) is 5.93. The SMILES string of the molecule is Cc1cc(N2CCCC2)nc(Nc2ccc(NC(=O)C(C)(C)Oc3ccc(Cl)cc3)cc2)n1. The number of carbonyl (C=O) groups excluding carboxylic acids is 1. The topological polar surface area (TPSA) is 79.4 Å². The first-order valence-electron chi connectivity index (χ1n) is 11.0. The molecule has 0 unspecified atom stereocenters. The molecule has 3 aromatic rings. The molecule has 2 N–H and O–H groups in total. The highest BCUT2D eigenvalue weighted by Crippen LogP contribution is 2.24. The molecule has 172 valence electrons. The number of carbonyl (C=O) groups is 1. The van der Waals surface area contributed by atoms with Crippen molar-refractivity contribution in [2.24, 2.45) is 0 Å². The Balaban J connectivity index is 1.39. The van der Waals surface area contributed by atoms with Crippen LogP contribution in [0.5, 0.6) is 5.75 Å². The highest BCUT2D eigenvalue weighted by atomic mass is 35.5. The van der Waals surface area contributed by atoms with Gasteiger partial charge in [0.05, 0.1) is 0 Å². The monoisotopic (exact) mass is 465 g/mol. The summed E-state index contributed by atoms with van der Waals surface area (Å²) in [6.07, 6.45) is 2.39. The maximum atomic E-state index is 12.8. The fraction of sp³-hybridized carbons (Fsp3) is 0.320. The first kappa shape index (κ1) is 22.9. The van der Waals surface area contributed by atoms with Crippen molar-refractivity contribution >= 4 is 40.6 Å². The lowest BCUT2D eigenvalue weighted by Crippen LogP contribution is -2.42. The van der Waals surface area contributed by atoms with Gasteiger partial charge in [-0.2, -0.15) is 4.98 Å². The van der Waals surface area contributed by atoms with Crippen molar-refractivity contribution in [2.45, 2.75) is 39.2 Å². The molecule has 2 heterocycles. The molecule has 0 radical (unpaired) electrons. The van der Waals surface area contributed by atoms with Gasteiger partial charge in [0.15, 0.2) is 5.60 Å². The van der Waals surface area contributed by atoms with E-state index in [1.807, 2.05) is 37.3 Å². The summed E-state index contributed by atoms with van der Waals surface area (Å²) in [5.74, 6) is 1.83. The lowest BCUT2D eigenvalue weighted by Gasteiger charge is -2.25. The van der Waals surface area contributed by atoms with E-state index in [1.165, 1.54) is 12.8 Å². The van der Waals surface area contributed by atoms with E-state index < -0.39 is 5.60 Å². The van der Waals surface area contributed by atoms with Crippen LogP contribution in [0.15, 0.2) is 54.6 Å². The van der Waals surface area contributed by atoms with Crippen LogP contribution in [0.3, 0.4) is 0 Å². The summed E-state index contributed by atoms with van der Waals surface area (Å²) in [5, 5.41) is 6.78. The molecule has 0 spiro atoms. The Morgan fingerprint density at radius 2 is 1.64 bits per heavy atom. The van der Waals surface area contributed by atoms with Gasteiger partial charge >= 0.3 is 0 Å². The van der Waals surface area contributed by atoms with Crippen molar-refractivity contribution in [2.75, 3.05) is 28.6 Å². The molecule has 1 aromatic heterocycles. The lowest BCUT2D eigenvalue weighted by atomic mass is 10.1. The van der Waals surface area contributed by atoms with Crippen LogP contribution in [0.25, 0.3) is 0 Å². The average Bonchev–Trinajstić information content (AvgIpc) is 3.31. The smallest absolute Gasteiger partial charge is 0.267 e. The molecule has 1 fully saturated rings. The number of hydrogen-bond donors (Lipinski definition) is 2. The van der Waals surface area contributed by atoms with E-state index in [2.05, 4.69) is 25.5 Å². The standard InChI is InChI=1S/C25H28ClN5O2/c1-17-16-22(31-14-4-5-15-31)30-24(27-17)29-20-10-8-19(9-11-20)28-23(32)25(2,3)33-21-12-6-18(26)7-13-21/h6-13,16H,4-5,14-15H2,1-3H3,(H,28,32)(H,27,29,30). The van der Waals surface area contributed by atoms with Crippen molar-refractivity contribution in [1.82, 2.24) is 9.97 Å². The average molecular weight is 466 g/mol. The zero-order valence-electron chi connectivity index (χ0n) is 19.1. The number of anilines is 4. The van der Waals surface area contributed by atoms with Gasteiger partial charge in [0.25, 0.3) is 5.91 Å². The molecule has 0 aliphatic carbocycles. The summed E-state index contributed by atoms with van der Waals surface area (Å²) in [6.45, 7) is 7.48. The summed E-state index contributed by atoms with van der Waals surface area (Å²) in [4.78, 5) is 24.2. The highest BCUT2D eigenvalue weighted by molar-refractivity contribution is 6.30. The number of benzene rings is 2. The predicted octanol–water partition coefficient (Wildman–Crippen LogP) is 5.58. The Morgan fingerprint density at radius 1 is 1.00 bits per heavy atom. The second kappa shape index (κ2) is 9.67. The minimum atomic E-state index is -1.06. The number of ether oxygens (including phenoxy) is 1. The maximum absolute atomic E-state index is 12.8. The largest absolute Gasteiger partial charge is 0.478 e. The van der Waals surface area contributed by atoms with E-state index in [0.29, 0.717) is 22.4 Å². The number of nitrogens with one attached hydrogen (secondary N) is 2. The normalized spacial score (nSPS) is 13.6. The number of halogens is 1. The maximum Gasteiger partial charge on any atom is 0.267 e. The molecular formula is C25H28ClN5O2. The van der Waals surface area contributed by atoms with Crippen LogP contribution in [0.4, 0.5) is 23.1 Å². The fourth-order valence-electron chi connectivity index (χ4n) is 3.61. The summed E-state index contributed by atoms with van der Waals surface area (Å²) >= 11 is 5.91. The molecule has 4 rings (SSSR count). The fourth-order valence-corrected chi connectivity index (χ4v) is 3.73. The molecule has 1 amide bonds. The quantitative estimate of drug-likeness (QED) is 0.474. The van der Waals surface area contributed by atoms with Crippen LogP contribution in [0.2, 0.25) is 5.02 Å². The van der Waals surface area contributed by atoms with Gasteiger partial charge in [-0.25, -0.2) is 4.98 Å². The van der Waals surface area contributed by atoms with Crippen molar-refractivity contribution in [1.29, 1.82) is 0 Å².